The normalized spacial score (nSPS) is 24.1. The first-order valence-corrected chi connectivity index (χ1v) is 5.78. The molecule has 1 heterocycles. The number of benzene rings is 1. The number of carboxylic acid groups (broad SMARTS) is 1. The third-order valence-electron chi connectivity index (χ3n) is 3.21. The number of nitrogens with zero attached hydrogens (tertiary/aromatic N) is 1. The molecule has 17 heavy (non-hydrogen) atoms. The minimum atomic E-state index is -1.14. The highest BCUT2D eigenvalue weighted by Crippen LogP contribution is 2.30. The van der Waals surface area contributed by atoms with Crippen molar-refractivity contribution in [3.63, 3.8) is 0 Å². The van der Waals surface area contributed by atoms with Crippen molar-refractivity contribution in [3.8, 4) is 0 Å². The molecule has 1 N–H and O–H groups in total. The van der Waals surface area contributed by atoms with Gasteiger partial charge in [0.15, 0.2) is 0 Å². The highest BCUT2D eigenvalue weighted by molar-refractivity contribution is 5.77. The highest BCUT2D eigenvalue weighted by Gasteiger charge is 2.46. The first kappa shape index (κ1) is 12.1. The van der Waals surface area contributed by atoms with Crippen LogP contribution >= 0.6 is 0 Å². The molecule has 0 spiro atoms. The molecule has 0 amide bonds. The number of carbonyl (C=O) groups is 1. The summed E-state index contributed by atoms with van der Waals surface area (Å²) in [6.45, 7) is 1.10. The lowest BCUT2D eigenvalue weighted by Gasteiger charge is -2.33. The first-order valence-electron chi connectivity index (χ1n) is 5.78. The predicted octanol–water partition coefficient (Wildman–Crippen LogP) is 1.71. The van der Waals surface area contributed by atoms with Crippen molar-refractivity contribution in [1.82, 2.24) is 4.90 Å². The number of hydrogen-bond acceptors (Lipinski definition) is 3. The number of rotatable bonds is 4. The Hall–Kier alpha value is -1.39. The van der Waals surface area contributed by atoms with Crippen molar-refractivity contribution in [1.29, 1.82) is 0 Å². The summed E-state index contributed by atoms with van der Waals surface area (Å²) in [6, 6.07) is 9.82. The van der Waals surface area contributed by atoms with E-state index in [1.807, 2.05) is 30.3 Å². The summed E-state index contributed by atoms with van der Waals surface area (Å²) in [5.74, 6) is -0.895. The van der Waals surface area contributed by atoms with Crippen molar-refractivity contribution < 1.29 is 14.6 Å². The van der Waals surface area contributed by atoms with Crippen LogP contribution in [0, 0.1) is 0 Å². The Bertz CT molecular complexity index is 385. The largest absolute Gasteiger partial charge is 0.478 e. The van der Waals surface area contributed by atoms with E-state index in [0.29, 0.717) is 19.6 Å². The zero-order chi connectivity index (χ0) is 12.3. The lowest BCUT2D eigenvalue weighted by atomic mass is 10.1. The Labute approximate surface area is 101 Å². The second kappa shape index (κ2) is 4.85. The monoisotopic (exact) mass is 235 g/mol. The molecule has 0 bridgehead atoms. The van der Waals surface area contributed by atoms with Crippen molar-refractivity contribution in [2.24, 2.45) is 0 Å². The van der Waals surface area contributed by atoms with E-state index in [9.17, 15) is 9.90 Å². The minimum Gasteiger partial charge on any atom is -0.478 e. The van der Waals surface area contributed by atoms with Gasteiger partial charge in [-0.2, -0.15) is 0 Å². The van der Waals surface area contributed by atoms with E-state index in [4.69, 9.17) is 4.74 Å². The van der Waals surface area contributed by atoms with Gasteiger partial charge in [-0.15, -0.1) is 0 Å². The van der Waals surface area contributed by atoms with Crippen LogP contribution in [-0.4, -0.2) is 35.4 Å². The lowest BCUT2D eigenvalue weighted by Crippen LogP contribution is -2.52. The molecule has 0 aliphatic carbocycles. The Morgan fingerprint density at radius 1 is 1.47 bits per heavy atom. The summed E-state index contributed by atoms with van der Waals surface area (Å²) in [5, 5.41) is 9.35. The number of aliphatic carboxylic acids is 1. The van der Waals surface area contributed by atoms with Crippen molar-refractivity contribution in [3.05, 3.63) is 35.9 Å². The third-order valence-corrected chi connectivity index (χ3v) is 3.21. The fraction of sp³-hybridized carbons (Fsp3) is 0.462. The maximum absolute atomic E-state index is 11.4. The molecule has 1 fully saturated rings. The molecule has 2 rings (SSSR count). The van der Waals surface area contributed by atoms with Gasteiger partial charge in [-0.25, -0.2) is 4.79 Å². The molecule has 1 aliphatic heterocycles. The molecule has 92 valence electrons. The summed E-state index contributed by atoms with van der Waals surface area (Å²) in [6.07, 6.45) is 1.34. The molecule has 1 aliphatic rings. The maximum Gasteiger partial charge on any atom is 0.351 e. The standard InChI is InChI=1S/C13H17NO3/c1-14(10-11-6-3-2-4-7-11)13(12(15)16)8-5-9-17-13/h2-4,6-7H,5,8-10H2,1H3,(H,15,16). The van der Waals surface area contributed by atoms with E-state index in [0.717, 1.165) is 12.0 Å². The van der Waals surface area contributed by atoms with Gasteiger partial charge in [0, 0.05) is 19.6 Å². The molecule has 0 saturated carbocycles. The molecule has 0 radical (unpaired) electrons. The van der Waals surface area contributed by atoms with E-state index >= 15 is 0 Å². The second-order valence-corrected chi connectivity index (χ2v) is 4.38. The van der Waals surface area contributed by atoms with Crippen molar-refractivity contribution in [2.45, 2.75) is 25.1 Å². The number of hydrogen-bond donors (Lipinski definition) is 1. The average molecular weight is 235 g/mol. The zero-order valence-corrected chi connectivity index (χ0v) is 9.93. The van der Waals surface area contributed by atoms with E-state index < -0.39 is 11.7 Å². The molecule has 1 unspecified atom stereocenters. The van der Waals surface area contributed by atoms with Crippen LogP contribution in [0.5, 0.6) is 0 Å². The van der Waals surface area contributed by atoms with Gasteiger partial charge < -0.3 is 9.84 Å². The fourth-order valence-electron chi connectivity index (χ4n) is 2.24. The van der Waals surface area contributed by atoms with Gasteiger partial charge in [0.2, 0.25) is 5.72 Å². The van der Waals surface area contributed by atoms with E-state index in [2.05, 4.69) is 0 Å². The van der Waals surface area contributed by atoms with Gasteiger partial charge >= 0.3 is 5.97 Å². The summed E-state index contributed by atoms with van der Waals surface area (Å²) in [5.41, 5.74) is -0.0540. The Morgan fingerprint density at radius 2 is 2.18 bits per heavy atom. The maximum atomic E-state index is 11.4. The van der Waals surface area contributed by atoms with Gasteiger partial charge in [-0.05, 0) is 19.0 Å². The van der Waals surface area contributed by atoms with Crippen molar-refractivity contribution >= 4 is 5.97 Å². The van der Waals surface area contributed by atoms with Crippen LogP contribution in [0.4, 0.5) is 0 Å². The quantitative estimate of drug-likeness (QED) is 0.863. The van der Waals surface area contributed by atoms with Gasteiger partial charge in [0.05, 0.1) is 0 Å². The van der Waals surface area contributed by atoms with Gasteiger partial charge in [0.25, 0.3) is 0 Å². The SMILES string of the molecule is CN(Cc1ccccc1)C1(C(=O)O)CCCO1. The molecular formula is C13H17NO3. The van der Waals surface area contributed by atoms with Crippen LogP contribution < -0.4 is 0 Å². The molecular weight excluding hydrogens is 218 g/mol. The summed E-state index contributed by atoms with van der Waals surface area (Å²) in [4.78, 5) is 13.2. The molecule has 4 nitrogen and oxygen atoms in total. The summed E-state index contributed by atoms with van der Waals surface area (Å²) in [7, 11) is 1.80. The van der Waals surface area contributed by atoms with Gasteiger partial charge in [-0.1, -0.05) is 30.3 Å². The van der Waals surface area contributed by atoms with Crippen LogP contribution in [0.3, 0.4) is 0 Å². The Morgan fingerprint density at radius 3 is 2.71 bits per heavy atom. The summed E-state index contributed by atoms with van der Waals surface area (Å²) >= 11 is 0. The highest BCUT2D eigenvalue weighted by atomic mass is 16.5. The van der Waals surface area contributed by atoms with E-state index in [-0.39, 0.29) is 0 Å². The van der Waals surface area contributed by atoms with Gasteiger partial charge in [-0.3, -0.25) is 4.90 Å². The third kappa shape index (κ3) is 2.33. The van der Waals surface area contributed by atoms with E-state index in [1.165, 1.54) is 0 Å². The Balaban J connectivity index is 2.13. The van der Waals surface area contributed by atoms with Crippen LogP contribution in [0.15, 0.2) is 30.3 Å². The lowest BCUT2D eigenvalue weighted by molar-refractivity contribution is -0.184. The molecule has 1 aromatic rings. The molecule has 0 aromatic heterocycles. The predicted molar refractivity (Wildman–Crippen MR) is 63.5 cm³/mol. The summed E-state index contributed by atoms with van der Waals surface area (Å²) < 4.78 is 5.46. The molecule has 1 saturated heterocycles. The molecule has 1 aromatic carbocycles. The number of likely N-dealkylation sites (N-methyl/N-ethyl adjacent to an activating group) is 1. The van der Waals surface area contributed by atoms with E-state index in [1.54, 1.807) is 11.9 Å². The minimum absolute atomic E-state index is 0.519. The topological polar surface area (TPSA) is 49.8 Å². The average Bonchev–Trinajstić information content (AvgIpc) is 2.80. The molecule has 1 atom stereocenters. The van der Waals surface area contributed by atoms with Crippen LogP contribution in [0.2, 0.25) is 0 Å². The van der Waals surface area contributed by atoms with Crippen LogP contribution in [0.1, 0.15) is 18.4 Å². The first-order chi connectivity index (χ1) is 8.15. The van der Waals surface area contributed by atoms with Crippen LogP contribution in [-0.2, 0) is 16.1 Å². The van der Waals surface area contributed by atoms with Crippen molar-refractivity contribution in [2.75, 3.05) is 13.7 Å². The van der Waals surface area contributed by atoms with Gasteiger partial charge in [0.1, 0.15) is 0 Å². The van der Waals surface area contributed by atoms with Crippen LogP contribution in [0.25, 0.3) is 0 Å². The number of ether oxygens (including phenoxy) is 1. The molecule has 4 heteroatoms. The fourth-order valence-corrected chi connectivity index (χ4v) is 2.24. The smallest absolute Gasteiger partial charge is 0.351 e. The second-order valence-electron chi connectivity index (χ2n) is 4.38. The zero-order valence-electron chi connectivity index (χ0n) is 9.93. The number of carboxylic acids is 1. The Kier molecular flexibility index (Phi) is 3.45.